The Hall–Kier alpha value is -3.19. The molecule has 0 unspecified atom stereocenters. The third-order valence-corrected chi connectivity index (χ3v) is 4.06. The quantitative estimate of drug-likeness (QED) is 0.506. The molecule has 0 fully saturated rings. The molecule has 7 heteroatoms. The van der Waals surface area contributed by atoms with Gasteiger partial charge in [-0.15, -0.1) is 0 Å². The maximum absolute atomic E-state index is 12.1. The highest BCUT2D eigenvalue weighted by Gasteiger charge is 2.19. The fourth-order valence-corrected chi connectivity index (χ4v) is 2.68. The van der Waals surface area contributed by atoms with Crippen LogP contribution in [0.25, 0.3) is 6.08 Å². The number of ether oxygens (including phenoxy) is 2. The average Bonchev–Trinajstić information content (AvgIpc) is 2.65. The van der Waals surface area contributed by atoms with Gasteiger partial charge in [0, 0.05) is 35.9 Å². The molecule has 0 bridgehead atoms. The zero-order valence-electron chi connectivity index (χ0n) is 14.2. The van der Waals surface area contributed by atoms with Crippen molar-refractivity contribution in [1.82, 2.24) is 5.32 Å². The lowest BCUT2D eigenvalue weighted by Crippen LogP contribution is -2.20. The van der Waals surface area contributed by atoms with Crippen molar-refractivity contribution < 1.29 is 19.2 Å². The Morgan fingerprint density at radius 2 is 2.15 bits per heavy atom. The van der Waals surface area contributed by atoms with Crippen molar-refractivity contribution in [2.75, 3.05) is 6.79 Å². The molecular weight excluding hydrogens is 336 g/mol. The van der Waals surface area contributed by atoms with Gasteiger partial charge >= 0.3 is 0 Å². The number of aryl methyl sites for hydroxylation is 1. The maximum atomic E-state index is 12.1. The molecule has 0 aliphatic carbocycles. The summed E-state index contributed by atoms with van der Waals surface area (Å²) in [4.78, 5) is 22.7. The number of hydrogen-bond acceptors (Lipinski definition) is 5. The highest BCUT2D eigenvalue weighted by Crippen LogP contribution is 2.33. The van der Waals surface area contributed by atoms with Gasteiger partial charge in [0.25, 0.3) is 5.69 Å². The summed E-state index contributed by atoms with van der Waals surface area (Å²) in [5.41, 5.74) is 3.12. The van der Waals surface area contributed by atoms with Crippen LogP contribution in [0.5, 0.6) is 5.75 Å². The van der Waals surface area contributed by atoms with E-state index in [1.165, 1.54) is 24.3 Å². The fraction of sp³-hybridized carbons (Fsp3) is 0.211. The number of nitro benzene ring substituents is 1. The molecule has 1 N–H and O–H groups in total. The lowest BCUT2D eigenvalue weighted by molar-refractivity contribution is -0.385. The van der Waals surface area contributed by atoms with Crippen LogP contribution in [0.15, 0.2) is 42.5 Å². The molecule has 2 aromatic carbocycles. The van der Waals surface area contributed by atoms with Crippen molar-refractivity contribution in [3.63, 3.8) is 0 Å². The van der Waals surface area contributed by atoms with Gasteiger partial charge in [-0.3, -0.25) is 14.9 Å². The van der Waals surface area contributed by atoms with Gasteiger partial charge in [-0.2, -0.15) is 0 Å². The van der Waals surface area contributed by atoms with Gasteiger partial charge in [-0.1, -0.05) is 24.3 Å². The summed E-state index contributed by atoms with van der Waals surface area (Å²) in [5.74, 6) is 0.213. The summed E-state index contributed by atoms with van der Waals surface area (Å²) in [5, 5.41) is 13.9. The van der Waals surface area contributed by atoms with Crippen molar-refractivity contribution in [3.05, 3.63) is 74.8 Å². The first kappa shape index (κ1) is 17.6. The van der Waals surface area contributed by atoms with Crippen molar-refractivity contribution in [3.8, 4) is 5.75 Å². The normalized spacial score (nSPS) is 13.1. The molecule has 0 radical (unpaired) electrons. The number of carbonyl (C=O) groups is 1. The van der Waals surface area contributed by atoms with E-state index in [9.17, 15) is 14.9 Å². The first-order chi connectivity index (χ1) is 12.5. The molecule has 1 aliphatic heterocycles. The zero-order valence-corrected chi connectivity index (χ0v) is 14.2. The Labute approximate surface area is 150 Å². The number of benzene rings is 2. The fourth-order valence-electron chi connectivity index (χ4n) is 2.68. The number of fused-ring (bicyclic) bond motifs is 1. The molecule has 1 aliphatic rings. The molecule has 0 spiro atoms. The second-order valence-corrected chi connectivity index (χ2v) is 5.87. The molecule has 26 heavy (non-hydrogen) atoms. The number of nitrogens with zero attached hydrogens (tertiary/aromatic N) is 1. The Kier molecular flexibility index (Phi) is 5.28. The topological polar surface area (TPSA) is 90.7 Å². The minimum Gasteiger partial charge on any atom is -0.467 e. The van der Waals surface area contributed by atoms with Crippen LogP contribution in [0.2, 0.25) is 0 Å². The van der Waals surface area contributed by atoms with Gasteiger partial charge in [0.2, 0.25) is 5.91 Å². The van der Waals surface area contributed by atoms with E-state index in [0.29, 0.717) is 23.4 Å². The van der Waals surface area contributed by atoms with Crippen LogP contribution in [-0.4, -0.2) is 17.6 Å². The number of hydrogen-bond donors (Lipinski definition) is 1. The predicted molar refractivity (Wildman–Crippen MR) is 95.4 cm³/mol. The minimum atomic E-state index is -0.482. The molecule has 0 saturated carbocycles. The Bertz CT molecular complexity index is 876. The summed E-state index contributed by atoms with van der Waals surface area (Å²) >= 11 is 0. The van der Waals surface area contributed by atoms with Crippen LogP contribution in [0.3, 0.4) is 0 Å². The van der Waals surface area contributed by atoms with Crippen molar-refractivity contribution in [1.29, 1.82) is 0 Å². The third kappa shape index (κ3) is 4.07. The second kappa shape index (κ2) is 7.79. The molecule has 2 aromatic rings. The van der Waals surface area contributed by atoms with Crippen molar-refractivity contribution >= 4 is 17.7 Å². The van der Waals surface area contributed by atoms with Crippen molar-refractivity contribution in [2.24, 2.45) is 0 Å². The van der Waals surface area contributed by atoms with E-state index in [4.69, 9.17) is 9.47 Å². The van der Waals surface area contributed by atoms with Gasteiger partial charge in [0.1, 0.15) is 5.75 Å². The number of amides is 1. The summed E-state index contributed by atoms with van der Waals surface area (Å²) in [6, 6.07) is 10.6. The summed E-state index contributed by atoms with van der Waals surface area (Å²) in [6.45, 7) is 2.70. The van der Waals surface area contributed by atoms with E-state index in [1.807, 2.05) is 31.2 Å². The average molecular weight is 354 g/mol. The summed E-state index contributed by atoms with van der Waals surface area (Å²) in [7, 11) is 0. The van der Waals surface area contributed by atoms with Crippen LogP contribution < -0.4 is 10.1 Å². The summed E-state index contributed by atoms with van der Waals surface area (Å²) < 4.78 is 10.6. The molecule has 1 heterocycles. The van der Waals surface area contributed by atoms with Crippen LogP contribution >= 0.6 is 0 Å². The number of rotatable bonds is 5. The van der Waals surface area contributed by atoms with E-state index in [0.717, 1.165) is 11.1 Å². The molecular formula is C19H18N2O5. The standard InChI is InChI=1S/C19H18N2O5/c1-13-4-2-3-5-15(13)10-20-18(22)7-6-14-8-17(21(23)24)9-16-11-25-12-26-19(14)16/h2-9H,10-12H2,1H3,(H,20,22)/b7-6+. The minimum absolute atomic E-state index is 0.0715. The Morgan fingerprint density at radius 1 is 1.35 bits per heavy atom. The lowest BCUT2D eigenvalue weighted by atomic mass is 10.1. The lowest BCUT2D eigenvalue weighted by Gasteiger charge is -2.19. The Balaban J connectivity index is 1.75. The second-order valence-electron chi connectivity index (χ2n) is 5.87. The van der Waals surface area contributed by atoms with Crippen LogP contribution in [0.1, 0.15) is 22.3 Å². The van der Waals surface area contributed by atoms with E-state index >= 15 is 0 Å². The van der Waals surface area contributed by atoms with Gasteiger partial charge in [0.15, 0.2) is 6.79 Å². The van der Waals surface area contributed by atoms with Crippen molar-refractivity contribution in [2.45, 2.75) is 20.1 Å². The molecule has 3 rings (SSSR count). The SMILES string of the molecule is Cc1ccccc1CNC(=O)/C=C/c1cc([N+](=O)[O-])cc2c1OCOC2. The smallest absolute Gasteiger partial charge is 0.270 e. The van der Waals surface area contributed by atoms with Gasteiger partial charge in [0.05, 0.1) is 11.5 Å². The number of nitro groups is 1. The molecule has 0 atom stereocenters. The first-order valence-corrected chi connectivity index (χ1v) is 8.07. The monoisotopic (exact) mass is 354 g/mol. The van der Waals surface area contributed by atoms with E-state index in [1.54, 1.807) is 0 Å². The van der Waals surface area contributed by atoms with E-state index in [2.05, 4.69) is 5.32 Å². The van der Waals surface area contributed by atoms with Crippen LogP contribution in [0, 0.1) is 17.0 Å². The number of nitrogens with one attached hydrogen (secondary N) is 1. The van der Waals surface area contributed by atoms with E-state index in [-0.39, 0.29) is 25.0 Å². The predicted octanol–water partition coefficient (Wildman–Crippen LogP) is 3.10. The zero-order chi connectivity index (χ0) is 18.5. The molecule has 0 saturated heterocycles. The highest BCUT2D eigenvalue weighted by atomic mass is 16.7. The van der Waals surface area contributed by atoms with Gasteiger partial charge in [-0.25, -0.2) is 0 Å². The summed E-state index contributed by atoms with van der Waals surface area (Å²) in [6.07, 6.45) is 2.86. The Morgan fingerprint density at radius 3 is 2.92 bits per heavy atom. The van der Waals surface area contributed by atoms with E-state index < -0.39 is 4.92 Å². The van der Waals surface area contributed by atoms with Gasteiger partial charge in [-0.05, 0) is 24.1 Å². The first-order valence-electron chi connectivity index (χ1n) is 8.07. The molecule has 1 amide bonds. The molecule has 134 valence electrons. The molecule has 0 aromatic heterocycles. The number of non-ortho nitro benzene ring substituents is 1. The van der Waals surface area contributed by atoms with Gasteiger partial charge < -0.3 is 14.8 Å². The van der Waals surface area contributed by atoms with Crippen LogP contribution in [0.4, 0.5) is 5.69 Å². The number of carbonyl (C=O) groups excluding carboxylic acids is 1. The van der Waals surface area contributed by atoms with Crippen LogP contribution in [-0.2, 0) is 22.7 Å². The molecule has 7 nitrogen and oxygen atoms in total. The largest absolute Gasteiger partial charge is 0.467 e. The maximum Gasteiger partial charge on any atom is 0.270 e. The highest BCUT2D eigenvalue weighted by molar-refractivity contribution is 5.92. The third-order valence-electron chi connectivity index (χ3n) is 4.06.